The van der Waals surface area contributed by atoms with Crippen molar-refractivity contribution < 1.29 is 4.79 Å². The molecule has 3 aromatic heterocycles. The normalized spacial score (nSPS) is 14.7. The molecule has 2 aromatic carbocycles. The zero-order valence-electron chi connectivity index (χ0n) is 18.2. The minimum absolute atomic E-state index is 0.0724. The molecule has 162 valence electrons. The van der Waals surface area contributed by atoms with Crippen molar-refractivity contribution in [3.63, 3.8) is 0 Å². The third-order valence-electron chi connectivity index (χ3n) is 6.72. The number of benzene rings is 2. The second-order valence-electron chi connectivity index (χ2n) is 8.64. The second-order valence-corrected chi connectivity index (χ2v) is 8.64. The Balaban J connectivity index is 1.29. The fourth-order valence-electron chi connectivity index (χ4n) is 4.99. The van der Waals surface area contributed by atoms with E-state index in [2.05, 4.69) is 40.4 Å². The van der Waals surface area contributed by atoms with Gasteiger partial charge in [0.25, 0.3) is 5.91 Å². The van der Waals surface area contributed by atoms with Crippen molar-refractivity contribution in [3.8, 4) is 11.4 Å². The van der Waals surface area contributed by atoms with E-state index in [1.807, 2.05) is 53.4 Å². The van der Waals surface area contributed by atoms with E-state index in [9.17, 15) is 4.79 Å². The number of likely N-dealkylation sites (tertiary alicyclic amines) is 1. The topological polar surface area (TPSA) is 61.9 Å². The van der Waals surface area contributed by atoms with Crippen LogP contribution in [0.2, 0.25) is 0 Å². The fourth-order valence-corrected chi connectivity index (χ4v) is 4.99. The number of hydrogen-bond acceptors (Lipinski definition) is 3. The summed E-state index contributed by atoms with van der Waals surface area (Å²) in [7, 11) is 0. The number of aromatic amines is 1. The number of carbonyl (C=O) groups excluding carboxylic acids is 1. The smallest absolute Gasteiger partial charge is 0.254 e. The Morgan fingerprint density at radius 3 is 2.45 bits per heavy atom. The lowest BCUT2D eigenvalue weighted by molar-refractivity contribution is 0.0715. The molecule has 4 heterocycles. The summed E-state index contributed by atoms with van der Waals surface area (Å²) >= 11 is 0. The largest absolute Gasteiger partial charge is 0.361 e. The van der Waals surface area contributed by atoms with Crippen LogP contribution in [-0.2, 0) is 0 Å². The van der Waals surface area contributed by atoms with E-state index in [0.717, 1.165) is 48.2 Å². The molecule has 0 atom stereocenters. The first-order valence-electron chi connectivity index (χ1n) is 11.4. The van der Waals surface area contributed by atoms with Crippen molar-refractivity contribution in [2.75, 3.05) is 13.1 Å². The molecule has 1 N–H and O–H groups in total. The third kappa shape index (κ3) is 3.55. The summed E-state index contributed by atoms with van der Waals surface area (Å²) in [6.45, 7) is 1.50. The molecule has 1 amide bonds. The van der Waals surface area contributed by atoms with Gasteiger partial charge in [0.2, 0.25) is 0 Å². The van der Waals surface area contributed by atoms with Crippen LogP contribution in [0.1, 0.15) is 34.7 Å². The van der Waals surface area contributed by atoms with Gasteiger partial charge in [-0.2, -0.15) is 0 Å². The lowest BCUT2D eigenvalue weighted by Gasteiger charge is -2.32. The van der Waals surface area contributed by atoms with E-state index in [4.69, 9.17) is 4.98 Å². The SMILES string of the molecule is O=C(c1cc(-c2ccccn2)nc2ccccc12)N1CCC(c2c[nH]c3ccccc23)CC1. The second kappa shape index (κ2) is 8.17. The van der Waals surface area contributed by atoms with Crippen LogP contribution in [0.4, 0.5) is 0 Å². The number of carbonyl (C=O) groups is 1. The summed E-state index contributed by atoms with van der Waals surface area (Å²) in [4.78, 5) is 28.3. The van der Waals surface area contributed by atoms with Gasteiger partial charge >= 0.3 is 0 Å². The molecule has 33 heavy (non-hydrogen) atoms. The number of hydrogen-bond donors (Lipinski definition) is 1. The molecule has 1 fully saturated rings. The Hall–Kier alpha value is -3.99. The first kappa shape index (κ1) is 19.7. The fraction of sp³-hybridized carbons (Fsp3) is 0.179. The van der Waals surface area contributed by atoms with Gasteiger partial charge in [0.05, 0.1) is 22.5 Å². The molecule has 1 aliphatic heterocycles. The Labute approximate surface area is 192 Å². The van der Waals surface area contributed by atoms with E-state index in [1.165, 1.54) is 16.5 Å². The van der Waals surface area contributed by atoms with Crippen LogP contribution >= 0.6 is 0 Å². The van der Waals surface area contributed by atoms with Crippen LogP contribution in [0, 0.1) is 0 Å². The average molecular weight is 433 g/mol. The first-order chi connectivity index (χ1) is 16.3. The van der Waals surface area contributed by atoms with Gasteiger partial charge in [0.15, 0.2) is 0 Å². The molecule has 5 heteroatoms. The molecule has 5 aromatic rings. The summed E-state index contributed by atoms with van der Waals surface area (Å²) in [5, 5.41) is 2.18. The monoisotopic (exact) mass is 432 g/mol. The number of amides is 1. The maximum absolute atomic E-state index is 13.7. The van der Waals surface area contributed by atoms with Gasteiger partial charge in [0, 0.05) is 41.8 Å². The van der Waals surface area contributed by atoms with Crippen LogP contribution in [0.15, 0.2) is 85.2 Å². The number of nitrogens with one attached hydrogen (secondary N) is 1. The highest BCUT2D eigenvalue weighted by atomic mass is 16.2. The Kier molecular flexibility index (Phi) is 4.87. The van der Waals surface area contributed by atoms with Crippen molar-refractivity contribution in [3.05, 3.63) is 96.3 Å². The van der Waals surface area contributed by atoms with Gasteiger partial charge in [-0.1, -0.05) is 42.5 Å². The van der Waals surface area contributed by atoms with Crippen molar-refractivity contribution in [2.45, 2.75) is 18.8 Å². The van der Waals surface area contributed by atoms with Gasteiger partial charge in [-0.3, -0.25) is 9.78 Å². The molecule has 0 spiro atoms. The van der Waals surface area contributed by atoms with Gasteiger partial charge in [-0.05, 0) is 54.7 Å². The van der Waals surface area contributed by atoms with E-state index >= 15 is 0 Å². The van der Waals surface area contributed by atoms with Crippen LogP contribution in [0.3, 0.4) is 0 Å². The molecule has 0 saturated carbocycles. The number of piperidine rings is 1. The molecule has 1 saturated heterocycles. The van der Waals surface area contributed by atoms with E-state index in [1.54, 1.807) is 6.20 Å². The van der Waals surface area contributed by atoms with E-state index < -0.39 is 0 Å². The van der Waals surface area contributed by atoms with Gasteiger partial charge in [-0.15, -0.1) is 0 Å². The minimum atomic E-state index is 0.0724. The average Bonchev–Trinajstić information content (AvgIpc) is 3.32. The number of nitrogens with zero attached hydrogens (tertiary/aromatic N) is 3. The summed E-state index contributed by atoms with van der Waals surface area (Å²) in [5.41, 5.74) is 5.56. The van der Waals surface area contributed by atoms with Crippen molar-refractivity contribution in [1.82, 2.24) is 19.9 Å². The molecule has 0 aliphatic carbocycles. The van der Waals surface area contributed by atoms with Crippen LogP contribution < -0.4 is 0 Å². The molecule has 0 unspecified atom stereocenters. The van der Waals surface area contributed by atoms with E-state index in [0.29, 0.717) is 11.5 Å². The Bertz CT molecular complexity index is 1450. The number of aromatic nitrogens is 3. The number of para-hydroxylation sites is 2. The lowest BCUT2D eigenvalue weighted by Crippen LogP contribution is -2.38. The summed E-state index contributed by atoms with van der Waals surface area (Å²) in [6, 6.07) is 24.0. The van der Waals surface area contributed by atoms with Crippen LogP contribution in [-0.4, -0.2) is 38.8 Å². The molecule has 5 nitrogen and oxygen atoms in total. The molecule has 0 bridgehead atoms. The number of fused-ring (bicyclic) bond motifs is 2. The Morgan fingerprint density at radius 2 is 1.64 bits per heavy atom. The minimum Gasteiger partial charge on any atom is -0.361 e. The standard InChI is InChI=1S/C28H24N4O/c33-28(32-15-12-19(13-16-32)23-18-30-24-9-3-1-8-21(23)24)22-17-27(26-11-5-6-14-29-26)31-25-10-4-2-7-20(22)25/h1-11,14,17-19,30H,12-13,15-16H2. The maximum Gasteiger partial charge on any atom is 0.254 e. The predicted molar refractivity (Wildman–Crippen MR) is 131 cm³/mol. The Morgan fingerprint density at radius 1 is 0.879 bits per heavy atom. The summed E-state index contributed by atoms with van der Waals surface area (Å²) in [5.74, 6) is 0.534. The zero-order chi connectivity index (χ0) is 22.2. The van der Waals surface area contributed by atoms with Crippen molar-refractivity contribution in [1.29, 1.82) is 0 Å². The molecular weight excluding hydrogens is 408 g/mol. The molecule has 0 radical (unpaired) electrons. The zero-order valence-corrected chi connectivity index (χ0v) is 18.2. The third-order valence-corrected chi connectivity index (χ3v) is 6.72. The van der Waals surface area contributed by atoms with Crippen LogP contribution in [0.25, 0.3) is 33.2 Å². The van der Waals surface area contributed by atoms with E-state index in [-0.39, 0.29) is 5.91 Å². The van der Waals surface area contributed by atoms with Crippen molar-refractivity contribution >= 4 is 27.7 Å². The maximum atomic E-state index is 13.7. The first-order valence-corrected chi connectivity index (χ1v) is 11.4. The number of pyridine rings is 2. The number of H-pyrrole nitrogens is 1. The highest BCUT2D eigenvalue weighted by molar-refractivity contribution is 6.07. The summed E-state index contributed by atoms with van der Waals surface area (Å²) in [6.07, 6.45) is 5.82. The van der Waals surface area contributed by atoms with Gasteiger partial charge < -0.3 is 9.88 Å². The molecule has 6 rings (SSSR count). The highest BCUT2D eigenvalue weighted by Gasteiger charge is 2.27. The number of rotatable bonds is 3. The quantitative estimate of drug-likeness (QED) is 0.392. The molecule has 1 aliphatic rings. The molecular formula is C28H24N4O. The van der Waals surface area contributed by atoms with Gasteiger partial charge in [-0.25, -0.2) is 4.98 Å². The predicted octanol–water partition coefficient (Wildman–Crippen LogP) is 5.80. The lowest BCUT2D eigenvalue weighted by atomic mass is 9.89. The highest BCUT2D eigenvalue weighted by Crippen LogP contribution is 2.34. The summed E-state index contributed by atoms with van der Waals surface area (Å²) < 4.78 is 0. The van der Waals surface area contributed by atoms with Crippen LogP contribution in [0.5, 0.6) is 0 Å². The van der Waals surface area contributed by atoms with Gasteiger partial charge in [0.1, 0.15) is 0 Å². The van der Waals surface area contributed by atoms with Crippen molar-refractivity contribution in [2.24, 2.45) is 0 Å².